The van der Waals surface area contributed by atoms with Gasteiger partial charge in [-0.2, -0.15) is 0 Å². The summed E-state index contributed by atoms with van der Waals surface area (Å²) in [6, 6.07) is 13.5. The Morgan fingerprint density at radius 1 is 1.04 bits per heavy atom. The van der Waals surface area contributed by atoms with Gasteiger partial charge < -0.3 is 10.2 Å². The van der Waals surface area contributed by atoms with Crippen LogP contribution in [0, 0.1) is 0 Å². The molecule has 2 aromatic carbocycles. The van der Waals surface area contributed by atoms with E-state index >= 15 is 0 Å². The Labute approximate surface area is 145 Å². The Bertz CT molecular complexity index is 964. The zero-order valence-corrected chi connectivity index (χ0v) is 13.8. The number of fused-ring (bicyclic) bond motifs is 3. The van der Waals surface area contributed by atoms with Crippen LogP contribution in [0.1, 0.15) is 45.6 Å². The molecule has 0 aliphatic heterocycles. The monoisotopic (exact) mass is 333 g/mol. The summed E-state index contributed by atoms with van der Waals surface area (Å²) < 4.78 is 0. The summed E-state index contributed by atoms with van der Waals surface area (Å²) in [7, 11) is 0. The lowest BCUT2D eigenvalue weighted by atomic mass is 9.88. The fourth-order valence-electron chi connectivity index (χ4n) is 3.73. The van der Waals surface area contributed by atoms with Crippen molar-refractivity contribution in [1.82, 2.24) is 4.98 Å². The van der Waals surface area contributed by atoms with Crippen molar-refractivity contribution in [2.45, 2.75) is 32.1 Å². The van der Waals surface area contributed by atoms with Gasteiger partial charge >= 0.3 is 5.97 Å². The molecule has 0 bridgehead atoms. The second-order valence-corrected chi connectivity index (χ2v) is 6.56. The summed E-state index contributed by atoms with van der Waals surface area (Å²) in [5.74, 6) is -1.34. The molecule has 1 aliphatic carbocycles. The molecule has 3 aromatic rings. The van der Waals surface area contributed by atoms with Crippen LogP contribution in [0.4, 0.5) is 0 Å². The molecule has 126 valence electrons. The van der Waals surface area contributed by atoms with Crippen molar-refractivity contribution in [2.24, 2.45) is 0 Å². The van der Waals surface area contributed by atoms with Crippen LogP contribution in [0.5, 0.6) is 5.75 Å². The number of hydrogen-bond donors (Lipinski definition) is 2. The van der Waals surface area contributed by atoms with Crippen molar-refractivity contribution < 1.29 is 15.0 Å². The first-order chi connectivity index (χ1) is 12.1. The topological polar surface area (TPSA) is 70.4 Å². The molecule has 1 aliphatic rings. The Morgan fingerprint density at radius 2 is 1.80 bits per heavy atom. The number of aryl methyl sites for hydroxylation is 2. The van der Waals surface area contributed by atoms with Gasteiger partial charge in [-0.1, -0.05) is 42.5 Å². The summed E-state index contributed by atoms with van der Waals surface area (Å²) in [5.41, 5.74) is 4.50. The maximum Gasteiger partial charge on any atom is 0.340 e. The van der Waals surface area contributed by atoms with Crippen molar-refractivity contribution in [3.63, 3.8) is 0 Å². The molecule has 0 fully saturated rings. The van der Waals surface area contributed by atoms with Gasteiger partial charge in [-0.15, -0.1) is 0 Å². The van der Waals surface area contributed by atoms with Gasteiger partial charge in [-0.3, -0.25) is 0 Å². The molecule has 4 nitrogen and oxygen atoms in total. The molecule has 0 atom stereocenters. The maximum atomic E-state index is 11.8. The van der Waals surface area contributed by atoms with Gasteiger partial charge in [0.2, 0.25) is 0 Å². The van der Waals surface area contributed by atoms with Gasteiger partial charge in [-0.05, 0) is 42.4 Å². The van der Waals surface area contributed by atoms with Crippen LogP contribution in [0.3, 0.4) is 0 Å². The standard InChI is InChI=1S/C21H19NO3/c23-20-17(12-13-6-2-1-3-7-13)22-19-15-9-5-4-8-14(15)10-11-16(19)18(20)21(24)25/h1-3,6-7,10-11,23H,4-5,8-9,12H2,(H,24,25). The first kappa shape index (κ1) is 15.6. The zero-order chi connectivity index (χ0) is 17.4. The Balaban J connectivity index is 1.96. The molecular formula is C21H19NO3. The van der Waals surface area contributed by atoms with E-state index in [2.05, 4.69) is 0 Å². The van der Waals surface area contributed by atoms with Crippen LogP contribution in [-0.2, 0) is 19.3 Å². The molecule has 4 rings (SSSR count). The minimum absolute atomic E-state index is 0.0377. The highest BCUT2D eigenvalue weighted by atomic mass is 16.4. The van der Waals surface area contributed by atoms with Crippen LogP contribution < -0.4 is 0 Å². The number of aromatic carboxylic acids is 1. The number of rotatable bonds is 3. The summed E-state index contributed by atoms with van der Waals surface area (Å²) in [5, 5.41) is 20.8. The van der Waals surface area contributed by atoms with Gasteiger partial charge in [0.05, 0.1) is 11.2 Å². The number of benzene rings is 2. The Hall–Kier alpha value is -2.88. The van der Waals surface area contributed by atoms with Crippen LogP contribution >= 0.6 is 0 Å². The van der Waals surface area contributed by atoms with Gasteiger partial charge in [0.1, 0.15) is 5.56 Å². The summed E-state index contributed by atoms with van der Waals surface area (Å²) >= 11 is 0. The Kier molecular flexibility index (Phi) is 3.88. The molecule has 0 unspecified atom stereocenters. The molecule has 0 amide bonds. The number of nitrogens with zero attached hydrogens (tertiary/aromatic N) is 1. The highest BCUT2D eigenvalue weighted by Gasteiger charge is 2.23. The van der Waals surface area contributed by atoms with Crippen molar-refractivity contribution in [3.8, 4) is 5.75 Å². The first-order valence-corrected chi connectivity index (χ1v) is 8.58. The number of hydrogen-bond acceptors (Lipinski definition) is 3. The van der Waals surface area contributed by atoms with Crippen LogP contribution in [-0.4, -0.2) is 21.2 Å². The number of aromatic hydroxyl groups is 1. The lowest BCUT2D eigenvalue weighted by molar-refractivity contribution is 0.0695. The summed E-state index contributed by atoms with van der Waals surface area (Å²) in [4.78, 5) is 16.5. The second-order valence-electron chi connectivity index (χ2n) is 6.56. The minimum Gasteiger partial charge on any atom is -0.505 e. The first-order valence-electron chi connectivity index (χ1n) is 8.58. The van der Waals surface area contributed by atoms with Gasteiger partial charge in [0.25, 0.3) is 0 Å². The highest BCUT2D eigenvalue weighted by Crippen LogP contribution is 2.35. The van der Waals surface area contributed by atoms with Crippen LogP contribution in [0.2, 0.25) is 0 Å². The van der Waals surface area contributed by atoms with E-state index in [0.717, 1.165) is 42.3 Å². The molecular weight excluding hydrogens is 314 g/mol. The van der Waals surface area contributed by atoms with Gasteiger partial charge in [0, 0.05) is 11.8 Å². The summed E-state index contributed by atoms with van der Waals surface area (Å²) in [6.07, 6.45) is 4.56. The van der Waals surface area contributed by atoms with Crippen molar-refractivity contribution in [2.75, 3.05) is 0 Å². The van der Waals surface area contributed by atoms with Gasteiger partial charge in [0.15, 0.2) is 5.75 Å². The summed E-state index contributed by atoms with van der Waals surface area (Å²) in [6.45, 7) is 0. The molecule has 0 radical (unpaired) electrons. The van der Waals surface area contributed by atoms with E-state index in [1.54, 1.807) is 6.07 Å². The third kappa shape index (κ3) is 2.74. The fourth-order valence-corrected chi connectivity index (χ4v) is 3.73. The molecule has 1 heterocycles. The number of carboxylic acid groups (broad SMARTS) is 1. The number of carbonyl (C=O) groups is 1. The van der Waals surface area contributed by atoms with E-state index in [9.17, 15) is 15.0 Å². The van der Waals surface area contributed by atoms with E-state index in [-0.39, 0.29) is 11.3 Å². The average Bonchev–Trinajstić information content (AvgIpc) is 2.63. The number of aromatic nitrogens is 1. The molecule has 0 saturated carbocycles. The fraction of sp³-hybridized carbons (Fsp3) is 0.238. The normalized spacial score (nSPS) is 13.6. The predicted octanol–water partition coefficient (Wildman–Crippen LogP) is 4.11. The lowest BCUT2D eigenvalue weighted by Gasteiger charge is -2.19. The van der Waals surface area contributed by atoms with Gasteiger partial charge in [-0.25, -0.2) is 9.78 Å². The molecule has 25 heavy (non-hydrogen) atoms. The highest BCUT2D eigenvalue weighted by molar-refractivity contribution is 6.06. The van der Waals surface area contributed by atoms with Crippen molar-refractivity contribution in [1.29, 1.82) is 0 Å². The number of carboxylic acids is 1. The van der Waals surface area contributed by atoms with E-state index < -0.39 is 5.97 Å². The quantitative estimate of drug-likeness (QED) is 0.757. The third-order valence-corrected chi connectivity index (χ3v) is 4.96. The average molecular weight is 333 g/mol. The second kappa shape index (κ2) is 6.20. The lowest BCUT2D eigenvalue weighted by Crippen LogP contribution is -2.09. The molecule has 2 N–H and O–H groups in total. The van der Waals surface area contributed by atoms with Crippen molar-refractivity contribution in [3.05, 3.63) is 70.4 Å². The number of pyridine rings is 1. The third-order valence-electron chi connectivity index (χ3n) is 4.96. The minimum atomic E-state index is -1.12. The van der Waals surface area contributed by atoms with E-state index in [1.165, 1.54) is 5.56 Å². The smallest absolute Gasteiger partial charge is 0.340 e. The van der Waals surface area contributed by atoms with E-state index in [1.807, 2.05) is 36.4 Å². The van der Waals surface area contributed by atoms with E-state index in [0.29, 0.717) is 17.5 Å². The molecule has 1 aromatic heterocycles. The molecule has 4 heteroatoms. The molecule has 0 spiro atoms. The maximum absolute atomic E-state index is 11.8. The Morgan fingerprint density at radius 3 is 2.56 bits per heavy atom. The van der Waals surface area contributed by atoms with Crippen molar-refractivity contribution >= 4 is 16.9 Å². The van der Waals surface area contributed by atoms with Crippen LogP contribution in [0.15, 0.2) is 42.5 Å². The molecule has 0 saturated heterocycles. The SMILES string of the molecule is O=C(O)c1c(O)c(Cc2ccccc2)nc2c3c(ccc12)CCCC3. The van der Waals surface area contributed by atoms with Crippen LogP contribution in [0.25, 0.3) is 10.9 Å². The largest absolute Gasteiger partial charge is 0.505 e. The predicted molar refractivity (Wildman–Crippen MR) is 96.3 cm³/mol. The van der Waals surface area contributed by atoms with E-state index in [4.69, 9.17) is 4.98 Å². The zero-order valence-electron chi connectivity index (χ0n) is 13.8.